The number of carbonyl (C=O) groups excluding carboxylic acids is 1. The summed E-state index contributed by atoms with van der Waals surface area (Å²) >= 11 is 0. The van der Waals surface area contributed by atoms with Crippen molar-refractivity contribution in [3.05, 3.63) is 11.8 Å². The van der Waals surface area contributed by atoms with Crippen LogP contribution in [-0.4, -0.2) is 39.2 Å². The van der Waals surface area contributed by atoms with Crippen molar-refractivity contribution in [1.82, 2.24) is 9.97 Å². The summed E-state index contributed by atoms with van der Waals surface area (Å²) in [5, 5.41) is 16.3. The van der Waals surface area contributed by atoms with Gasteiger partial charge in [-0.15, -0.1) is 0 Å². The third kappa shape index (κ3) is 4.35. The molecule has 0 aromatic carbocycles. The lowest BCUT2D eigenvalue weighted by atomic mass is 9.93. The molecule has 1 aromatic rings. The van der Waals surface area contributed by atoms with Crippen molar-refractivity contribution in [3.63, 3.8) is 0 Å². The summed E-state index contributed by atoms with van der Waals surface area (Å²) < 4.78 is 0. The Morgan fingerprint density at radius 3 is 2.38 bits per heavy atom. The minimum absolute atomic E-state index is 0.190. The molecule has 24 heavy (non-hydrogen) atoms. The lowest BCUT2D eigenvalue weighted by Gasteiger charge is -2.27. The van der Waals surface area contributed by atoms with Crippen molar-refractivity contribution in [2.45, 2.75) is 76.0 Å². The average Bonchev–Trinajstić information content (AvgIpc) is 2.58. The number of carbonyl (C=O) groups is 1. The van der Waals surface area contributed by atoms with Crippen LogP contribution in [0.2, 0.25) is 0 Å². The van der Waals surface area contributed by atoms with Gasteiger partial charge >= 0.3 is 0 Å². The zero-order chi connectivity index (χ0) is 16.9. The fourth-order valence-electron chi connectivity index (χ4n) is 3.58. The highest BCUT2D eigenvalue weighted by Crippen LogP contribution is 2.24. The van der Waals surface area contributed by atoms with E-state index >= 15 is 0 Å². The van der Waals surface area contributed by atoms with E-state index in [-0.39, 0.29) is 12.1 Å². The molecule has 2 saturated carbocycles. The minimum Gasteiger partial charge on any atom is -0.393 e. The van der Waals surface area contributed by atoms with Gasteiger partial charge in [0.1, 0.15) is 5.82 Å². The Morgan fingerprint density at radius 1 is 1.04 bits per heavy atom. The molecule has 0 saturated heterocycles. The van der Waals surface area contributed by atoms with Gasteiger partial charge < -0.3 is 21.5 Å². The summed E-state index contributed by atoms with van der Waals surface area (Å²) in [6, 6.07) is 0.597. The fraction of sp³-hybridized carbons (Fsp3) is 0.706. The third-order valence-corrected chi connectivity index (χ3v) is 5.03. The summed E-state index contributed by atoms with van der Waals surface area (Å²) in [6.07, 6.45) is 10.5. The maximum Gasteiger partial charge on any atom is 0.254 e. The molecule has 1 aromatic heterocycles. The first-order valence-electron chi connectivity index (χ1n) is 9.00. The molecule has 132 valence electrons. The summed E-state index contributed by atoms with van der Waals surface area (Å²) in [5.41, 5.74) is 5.80. The van der Waals surface area contributed by atoms with Crippen molar-refractivity contribution in [3.8, 4) is 0 Å². The van der Waals surface area contributed by atoms with Gasteiger partial charge in [-0.05, 0) is 38.5 Å². The number of aromatic nitrogens is 2. The van der Waals surface area contributed by atoms with Crippen molar-refractivity contribution in [2.24, 2.45) is 5.73 Å². The predicted octanol–water partition coefficient (Wildman–Crippen LogP) is 2.04. The van der Waals surface area contributed by atoms with Gasteiger partial charge in [0.2, 0.25) is 5.95 Å². The Hall–Kier alpha value is -1.89. The van der Waals surface area contributed by atoms with Gasteiger partial charge in [-0.2, -0.15) is 4.98 Å². The number of hydrogen-bond acceptors (Lipinski definition) is 6. The van der Waals surface area contributed by atoms with Crippen LogP contribution in [0.25, 0.3) is 0 Å². The molecule has 0 aliphatic heterocycles. The van der Waals surface area contributed by atoms with Gasteiger partial charge in [0.05, 0.1) is 11.7 Å². The Morgan fingerprint density at radius 2 is 1.71 bits per heavy atom. The molecule has 5 N–H and O–H groups in total. The number of hydrogen-bond donors (Lipinski definition) is 4. The summed E-state index contributed by atoms with van der Waals surface area (Å²) in [4.78, 5) is 20.4. The largest absolute Gasteiger partial charge is 0.393 e. The number of primary amides is 1. The van der Waals surface area contributed by atoms with Gasteiger partial charge in [0.15, 0.2) is 0 Å². The Bertz CT molecular complexity index is 566. The van der Waals surface area contributed by atoms with E-state index in [1.54, 1.807) is 0 Å². The Balaban J connectivity index is 1.71. The topological polar surface area (TPSA) is 113 Å². The van der Waals surface area contributed by atoms with E-state index in [4.69, 9.17) is 5.73 Å². The number of nitrogens with two attached hydrogens (primary N) is 1. The maximum atomic E-state index is 11.7. The summed E-state index contributed by atoms with van der Waals surface area (Å²) in [5.74, 6) is 0.531. The van der Waals surface area contributed by atoms with Crippen LogP contribution in [0.4, 0.5) is 11.8 Å². The Labute approximate surface area is 142 Å². The van der Waals surface area contributed by atoms with Gasteiger partial charge in [-0.25, -0.2) is 4.98 Å². The molecule has 0 radical (unpaired) electrons. The SMILES string of the molecule is NC(=O)c1cnc(N[C@H]2CC[C@H](O)CC2)nc1NC1CCCCC1. The molecule has 3 rings (SSSR count). The molecule has 0 atom stereocenters. The smallest absolute Gasteiger partial charge is 0.254 e. The van der Waals surface area contributed by atoms with E-state index in [0.29, 0.717) is 23.4 Å². The second-order valence-electron chi connectivity index (χ2n) is 6.95. The first-order valence-corrected chi connectivity index (χ1v) is 9.00. The molecular weight excluding hydrogens is 306 g/mol. The van der Waals surface area contributed by atoms with Crippen LogP contribution in [0.15, 0.2) is 6.20 Å². The predicted molar refractivity (Wildman–Crippen MR) is 92.9 cm³/mol. The number of nitrogens with one attached hydrogen (secondary N) is 2. The van der Waals surface area contributed by atoms with Gasteiger partial charge in [-0.3, -0.25) is 4.79 Å². The number of anilines is 2. The van der Waals surface area contributed by atoms with Gasteiger partial charge in [0.25, 0.3) is 5.91 Å². The zero-order valence-corrected chi connectivity index (χ0v) is 14.0. The van der Waals surface area contributed by atoms with Crippen LogP contribution < -0.4 is 16.4 Å². The van der Waals surface area contributed by atoms with Crippen molar-refractivity contribution >= 4 is 17.7 Å². The quantitative estimate of drug-likeness (QED) is 0.656. The van der Waals surface area contributed by atoms with Gasteiger partial charge in [-0.1, -0.05) is 19.3 Å². The zero-order valence-electron chi connectivity index (χ0n) is 14.0. The molecule has 0 spiro atoms. The van der Waals surface area contributed by atoms with Crippen LogP contribution >= 0.6 is 0 Å². The first kappa shape index (κ1) is 17.0. The van der Waals surface area contributed by atoms with Crippen LogP contribution in [-0.2, 0) is 0 Å². The molecular formula is C17H27N5O2. The summed E-state index contributed by atoms with van der Waals surface area (Å²) in [6.45, 7) is 0. The second-order valence-corrected chi connectivity index (χ2v) is 6.95. The van der Waals surface area contributed by atoms with E-state index in [1.165, 1.54) is 25.5 Å². The highest BCUT2D eigenvalue weighted by Gasteiger charge is 2.22. The monoisotopic (exact) mass is 333 g/mol. The number of amides is 1. The molecule has 2 fully saturated rings. The lowest BCUT2D eigenvalue weighted by molar-refractivity contribution is 0.1000. The molecule has 1 amide bonds. The molecule has 2 aliphatic carbocycles. The molecule has 2 aliphatic rings. The first-order chi connectivity index (χ1) is 11.6. The number of aliphatic hydroxyl groups is 1. The highest BCUT2D eigenvalue weighted by molar-refractivity contribution is 5.97. The van der Waals surface area contributed by atoms with E-state index in [1.807, 2.05) is 0 Å². The molecule has 0 bridgehead atoms. The second kappa shape index (κ2) is 7.79. The van der Waals surface area contributed by atoms with E-state index in [9.17, 15) is 9.90 Å². The molecule has 7 heteroatoms. The van der Waals surface area contributed by atoms with E-state index < -0.39 is 5.91 Å². The normalized spacial score (nSPS) is 25.2. The third-order valence-electron chi connectivity index (χ3n) is 5.03. The number of aliphatic hydroxyl groups excluding tert-OH is 1. The fourth-order valence-corrected chi connectivity index (χ4v) is 3.58. The van der Waals surface area contributed by atoms with E-state index in [0.717, 1.165) is 38.5 Å². The average molecular weight is 333 g/mol. The standard InChI is InChI=1S/C17H27N5O2/c18-15(24)14-10-19-17(21-12-6-8-13(23)9-7-12)22-16(14)20-11-4-2-1-3-5-11/h10-13,23H,1-9H2,(H2,18,24)(H2,19,20,21,22)/t12-,13-. The summed E-state index contributed by atoms with van der Waals surface area (Å²) in [7, 11) is 0. The lowest BCUT2D eigenvalue weighted by Crippen LogP contribution is -2.30. The molecule has 7 nitrogen and oxygen atoms in total. The number of rotatable bonds is 5. The molecule has 0 unspecified atom stereocenters. The minimum atomic E-state index is -0.513. The van der Waals surface area contributed by atoms with E-state index in [2.05, 4.69) is 20.6 Å². The van der Waals surface area contributed by atoms with Crippen LogP contribution in [0.3, 0.4) is 0 Å². The maximum absolute atomic E-state index is 11.7. The number of nitrogens with zero attached hydrogens (tertiary/aromatic N) is 2. The molecule has 1 heterocycles. The van der Waals surface area contributed by atoms with Crippen LogP contribution in [0.1, 0.15) is 68.1 Å². The highest BCUT2D eigenvalue weighted by atomic mass is 16.3. The van der Waals surface area contributed by atoms with Crippen molar-refractivity contribution in [1.29, 1.82) is 0 Å². The Kier molecular flexibility index (Phi) is 5.50. The van der Waals surface area contributed by atoms with Crippen molar-refractivity contribution in [2.75, 3.05) is 10.6 Å². The van der Waals surface area contributed by atoms with Gasteiger partial charge in [0, 0.05) is 18.3 Å². The van der Waals surface area contributed by atoms with Crippen LogP contribution in [0, 0.1) is 0 Å². The van der Waals surface area contributed by atoms with Crippen LogP contribution in [0.5, 0.6) is 0 Å². The van der Waals surface area contributed by atoms with Crippen molar-refractivity contribution < 1.29 is 9.90 Å².